The Labute approximate surface area is 151 Å². The number of rotatable bonds is 5. The standard InChI is InChI=1S/C18H16F5NOS/c1-3-10(2)26-12-5-7-16(14(9-12)18(21,22)23)24-17(25)13-8-11(19)4-6-15(13)20/h4-10H,3H2,1-2H3,(H,24,25). The number of hydrogen-bond acceptors (Lipinski definition) is 2. The number of thioether (sulfide) groups is 1. The summed E-state index contributed by atoms with van der Waals surface area (Å²) >= 11 is 1.28. The summed E-state index contributed by atoms with van der Waals surface area (Å²) in [5, 5.41) is 2.14. The van der Waals surface area contributed by atoms with Crippen molar-refractivity contribution in [2.75, 3.05) is 5.32 Å². The lowest BCUT2D eigenvalue weighted by Crippen LogP contribution is -2.18. The van der Waals surface area contributed by atoms with Gasteiger partial charge in [-0.25, -0.2) is 8.78 Å². The third-order valence-corrected chi connectivity index (χ3v) is 4.89. The highest BCUT2D eigenvalue weighted by Crippen LogP contribution is 2.38. The van der Waals surface area contributed by atoms with Crippen LogP contribution in [-0.4, -0.2) is 11.2 Å². The van der Waals surface area contributed by atoms with Crippen LogP contribution in [0.2, 0.25) is 0 Å². The fourth-order valence-corrected chi connectivity index (χ4v) is 3.08. The Morgan fingerprint density at radius 2 is 1.85 bits per heavy atom. The molecule has 1 N–H and O–H groups in total. The van der Waals surface area contributed by atoms with E-state index < -0.39 is 40.5 Å². The molecule has 0 fully saturated rings. The number of carbonyl (C=O) groups excluding carboxylic acids is 1. The van der Waals surface area contributed by atoms with Crippen molar-refractivity contribution in [3.63, 3.8) is 0 Å². The average molecular weight is 389 g/mol. The van der Waals surface area contributed by atoms with Gasteiger partial charge in [-0.15, -0.1) is 11.8 Å². The van der Waals surface area contributed by atoms with Gasteiger partial charge in [-0.3, -0.25) is 4.79 Å². The largest absolute Gasteiger partial charge is 0.418 e. The zero-order valence-electron chi connectivity index (χ0n) is 14.0. The Hall–Kier alpha value is -2.09. The van der Waals surface area contributed by atoms with Crippen molar-refractivity contribution in [2.24, 2.45) is 0 Å². The molecule has 0 saturated carbocycles. The van der Waals surface area contributed by atoms with Gasteiger partial charge in [-0.2, -0.15) is 13.2 Å². The van der Waals surface area contributed by atoms with Crippen LogP contribution in [0.3, 0.4) is 0 Å². The van der Waals surface area contributed by atoms with Gasteiger partial charge in [0.05, 0.1) is 16.8 Å². The van der Waals surface area contributed by atoms with Crippen LogP contribution in [0.25, 0.3) is 0 Å². The van der Waals surface area contributed by atoms with Crippen LogP contribution in [0.1, 0.15) is 36.2 Å². The maximum Gasteiger partial charge on any atom is 0.418 e. The number of anilines is 1. The number of carbonyl (C=O) groups is 1. The third-order valence-electron chi connectivity index (χ3n) is 3.63. The Balaban J connectivity index is 2.36. The fourth-order valence-electron chi connectivity index (χ4n) is 2.12. The molecule has 0 aliphatic carbocycles. The van der Waals surface area contributed by atoms with E-state index in [9.17, 15) is 26.7 Å². The number of alkyl halides is 3. The number of amides is 1. The van der Waals surface area contributed by atoms with Crippen molar-refractivity contribution < 1.29 is 26.7 Å². The Morgan fingerprint density at radius 3 is 2.46 bits per heavy atom. The number of halogens is 5. The minimum atomic E-state index is -4.71. The van der Waals surface area contributed by atoms with E-state index in [2.05, 4.69) is 0 Å². The van der Waals surface area contributed by atoms with Crippen LogP contribution in [0, 0.1) is 11.6 Å². The monoisotopic (exact) mass is 389 g/mol. The normalized spacial score (nSPS) is 12.7. The van der Waals surface area contributed by atoms with E-state index in [0.29, 0.717) is 11.0 Å². The van der Waals surface area contributed by atoms with Crippen molar-refractivity contribution in [3.8, 4) is 0 Å². The van der Waals surface area contributed by atoms with Gasteiger partial charge in [0.1, 0.15) is 11.6 Å². The highest BCUT2D eigenvalue weighted by atomic mass is 32.2. The molecule has 2 aromatic rings. The Bertz CT molecular complexity index is 807. The SMILES string of the molecule is CCC(C)Sc1ccc(NC(=O)c2cc(F)ccc2F)c(C(F)(F)F)c1. The van der Waals surface area contributed by atoms with E-state index in [-0.39, 0.29) is 5.25 Å². The summed E-state index contributed by atoms with van der Waals surface area (Å²) < 4.78 is 66.9. The average Bonchev–Trinajstić information content (AvgIpc) is 2.57. The molecule has 26 heavy (non-hydrogen) atoms. The van der Waals surface area contributed by atoms with Crippen molar-refractivity contribution in [1.82, 2.24) is 0 Å². The van der Waals surface area contributed by atoms with E-state index in [1.165, 1.54) is 17.8 Å². The van der Waals surface area contributed by atoms with Crippen LogP contribution in [-0.2, 0) is 6.18 Å². The van der Waals surface area contributed by atoms with Gasteiger partial charge in [-0.1, -0.05) is 13.8 Å². The van der Waals surface area contributed by atoms with Crippen molar-refractivity contribution >= 4 is 23.4 Å². The first-order chi connectivity index (χ1) is 12.1. The van der Waals surface area contributed by atoms with Crippen molar-refractivity contribution in [3.05, 3.63) is 59.2 Å². The van der Waals surface area contributed by atoms with Gasteiger partial charge in [0, 0.05) is 10.1 Å². The predicted molar refractivity (Wildman–Crippen MR) is 91.4 cm³/mol. The zero-order valence-corrected chi connectivity index (χ0v) is 14.8. The molecule has 0 aromatic heterocycles. The fraction of sp³-hybridized carbons (Fsp3) is 0.278. The van der Waals surface area contributed by atoms with Gasteiger partial charge < -0.3 is 5.32 Å². The van der Waals surface area contributed by atoms with Crippen LogP contribution < -0.4 is 5.32 Å². The first-order valence-corrected chi connectivity index (χ1v) is 8.64. The third kappa shape index (κ3) is 4.97. The smallest absolute Gasteiger partial charge is 0.321 e. The molecule has 0 bridgehead atoms. The molecule has 0 aliphatic rings. The minimum Gasteiger partial charge on any atom is -0.321 e. The number of benzene rings is 2. The maximum atomic E-state index is 13.7. The van der Waals surface area contributed by atoms with Crippen LogP contribution in [0.4, 0.5) is 27.6 Å². The summed E-state index contributed by atoms with van der Waals surface area (Å²) in [6.07, 6.45) is -3.93. The second-order valence-electron chi connectivity index (χ2n) is 5.62. The molecule has 1 unspecified atom stereocenters. The topological polar surface area (TPSA) is 29.1 Å². The first-order valence-electron chi connectivity index (χ1n) is 7.76. The highest BCUT2D eigenvalue weighted by Gasteiger charge is 2.34. The lowest BCUT2D eigenvalue weighted by molar-refractivity contribution is -0.137. The zero-order chi connectivity index (χ0) is 19.5. The second-order valence-corrected chi connectivity index (χ2v) is 7.13. The molecule has 0 saturated heterocycles. The summed E-state index contributed by atoms with van der Waals surface area (Å²) in [7, 11) is 0. The lowest BCUT2D eigenvalue weighted by Gasteiger charge is -2.16. The molecule has 0 radical (unpaired) electrons. The quantitative estimate of drug-likeness (QED) is 0.493. The van der Waals surface area contributed by atoms with E-state index >= 15 is 0 Å². The van der Waals surface area contributed by atoms with Gasteiger partial charge in [0.15, 0.2) is 0 Å². The highest BCUT2D eigenvalue weighted by molar-refractivity contribution is 7.99. The molecular formula is C18H16F5NOS. The molecule has 2 nitrogen and oxygen atoms in total. The van der Waals surface area contributed by atoms with Crippen LogP contribution in [0.15, 0.2) is 41.3 Å². The Kier molecular flexibility index (Phi) is 6.28. The van der Waals surface area contributed by atoms with E-state index in [0.717, 1.165) is 30.7 Å². The molecule has 2 aromatic carbocycles. The maximum absolute atomic E-state index is 13.7. The van der Waals surface area contributed by atoms with Crippen LogP contribution >= 0.6 is 11.8 Å². The van der Waals surface area contributed by atoms with Gasteiger partial charge in [0.2, 0.25) is 0 Å². The number of hydrogen-bond donors (Lipinski definition) is 1. The molecular weight excluding hydrogens is 373 g/mol. The summed E-state index contributed by atoms with van der Waals surface area (Å²) in [4.78, 5) is 12.5. The van der Waals surface area contributed by atoms with E-state index in [1.54, 1.807) is 0 Å². The molecule has 8 heteroatoms. The molecule has 2 rings (SSSR count). The van der Waals surface area contributed by atoms with Crippen molar-refractivity contribution in [1.29, 1.82) is 0 Å². The lowest BCUT2D eigenvalue weighted by atomic mass is 10.1. The summed E-state index contributed by atoms with van der Waals surface area (Å²) in [6, 6.07) is 5.68. The predicted octanol–water partition coefficient (Wildman–Crippen LogP) is 6.13. The summed E-state index contributed by atoms with van der Waals surface area (Å²) in [6.45, 7) is 3.81. The van der Waals surface area contributed by atoms with E-state index in [1.807, 2.05) is 19.2 Å². The molecule has 0 aliphatic heterocycles. The molecule has 1 amide bonds. The molecule has 0 spiro atoms. The van der Waals surface area contributed by atoms with E-state index in [4.69, 9.17) is 0 Å². The summed E-state index contributed by atoms with van der Waals surface area (Å²) in [5.74, 6) is -3.05. The molecule has 0 heterocycles. The molecule has 140 valence electrons. The molecule has 1 atom stereocenters. The van der Waals surface area contributed by atoms with Gasteiger partial charge >= 0.3 is 6.18 Å². The summed E-state index contributed by atoms with van der Waals surface area (Å²) in [5.41, 5.74) is -2.23. The van der Waals surface area contributed by atoms with Gasteiger partial charge in [0.25, 0.3) is 5.91 Å². The number of nitrogens with one attached hydrogen (secondary N) is 1. The van der Waals surface area contributed by atoms with Crippen molar-refractivity contribution in [2.45, 2.75) is 36.6 Å². The Morgan fingerprint density at radius 1 is 1.15 bits per heavy atom. The van der Waals surface area contributed by atoms with Crippen LogP contribution in [0.5, 0.6) is 0 Å². The minimum absolute atomic E-state index is 0.123. The first kappa shape index (κ1) is 20.2. The van der Waals surface area contributed by atoms with Gasteiger partial charge in [-0.05, 0) is 42.8 Å². The second kappa shape index (κ2) is 8.07.